The molecule has 9 nitrogen and oxygen atoms in total. The van der Waals surface area contributed by atoms with Crippen molar-refractivity contribution in [2.75, 3.05) is 20.7 Å². The minimum absolute atomic E-state index is 0.109. The molecule has 2 atom stereocenters. The average Bonchev–Trinajstić information content (AvgIpc) is 3.37. The Kier molecular flexibility index (Phi) is 6.34. The fraction of sp³-hybridized carbons (Fsp3) is 0.435. The van der Waals surface area contributed by atoms with Gasteiger partial charge in [-0.3, -0.25) is 19.3 Å². The normalized spacial score (nSPS) is 19.9. The summed E-state index contributed by atoms with van der Waals surface area (Å²) >= 11 is 0. The van der Waals surface area contributed by atoms with Gasteiger partial charge in [-0.1, -0.05) is 17.3 Å². The number of methoxy groups -OCH3 is 1. The Balaban J connectivity index is 1.26. The number of nitrogens with zero attached hydrogens (tertiary/aromatic N) is 4. The molecule has 0 N–H and O–H groups in total. The number of rotatable bonds is 8. The lowest BCUT2D eigenvalue weighted by Gasteiger charge is -2.17. The van der Waals surface area contributed by atoms with Crippen molar-refractivity contribution in [3.8, 4) is 17.1 Å². The fourth-order valence-electron chi connectivity index (χ4n) is 4.14. The molecule has 1 saturated heterocycles. The summed E-state index contributed by atoms with van der Waals surface area (Å²) in [6.45, 7) is 0.450. The van der Waals surface area contributed by atoms with Crippen LogP contribution in [0, 0.1) is 11.8 Å². The molecular formula is C23H26N4O5. The van der Waals surface area contributed by atoms with Gasteiger partial charge in [-0.2, -0.15) is 4.98 Å². The Bertz CT molecular complexity index is 1000. The smallest absolute Gasteiger partial charge is 0.246 e. The third-order valence-corrected chi connectivity index (χ3v) is 5.99. The van der Waals surface area contributed by atoms with Crippen LogP contribution in [0.25, 0.3) is 11.4 Å². The molecule has 1 aromatic heterocycles. The van der Waals surface area contributed by atoms with E-state index in [-0.39, 0.29) is 49.1 Å². The van der Waals surface area contributed by atoms with E-state index in [4.69, 9.17) is 9.26 Å². The summed E-state index contributed by atoms with van der Waals surface area (Å²) in [6, 6.07) is 7.27. The molecule has 32 heavy (non-hydrogen) atoms. The van der Waals surface area contributed by atoms with Crippen LogP contribution in [0.15, 0.2) is 40.9 Å². The summed E-state index contributed by atoms with van der Waals surface area (Å²) in [7, 11) is 3.25. The lowest BCUT2D eigenvalue weighted by molar-refractivity contribution is -0.140. The van der Waals surface area contributed by atoms with Gasteiger partial charge in [-0.05, 0) is 43.5 Å². The molecular weight excluding hydrogens is 412 g/mol. The number of benzene rings is 1. The fourth-order valence-corrected chi connectivity index (χ4v) is 4.14. The van der Waals surface area contributed by atoms with E-state index >= 15 is 0 Å². The Morgan fingerprint density at radius 1 is 1.16 bits per heavy atom. The van der Waals surface area contributed by atoms with E-state index < -0.39 is 0 Å². The molecule has 2 heterocycles. The number of carbonyl (C=O) groups is 3. The largest absolute Gasteiger partial charge is 0.497 e. The quantitative estimate of drug-likeness (QED) is 0.460. The molecule has 0 saturated carbocycles. The summed E-state index contributed by atoms with van der Waals surface area (Å²) in [4.78, 5) is 44.7. The standard InChI is InChI=1S/C23H26N4O5/c1-26(14-19-24-21(25-32-19)15-9-11-16(31-2)12-10-15)20(28)8-5-13-27-22(29)17-6-3-4-7-18(17)23(27)30/h3-4,9-12,17-18H,5-8,13-14H2,1-2H3. The van der Waals surface area contributed by atoms with Gasteiger partial charge in [0, 0.05) is 25.6 Å². The number of carbonyl (C=O) groups excluding carboxylic acids is 3. The van der Waals surface area contributed by atoms with E-state index in [1.54, 1.807) is 14.2 Å². The molecule has 1 aromatic carbocycles. The SMILES string of the molecule is COc1ccc(-c2noc(CN(C)C(=O)CCCN3C(=O)C4CC=CCC4C3=O)n2)cc1. The molecule has 1 aliphatic carbocycles. The first-order chi connectivity index (χ1) is 15.5. The third kappa shape index (κ3) is 4.42. The second-order valence-corrected chi connectivity index (χ2v) is 8.08. The number of hydrogen-bond acceptors (Lipinski definition) is 7. The molecule has 0 bridgehead atoms. The first-order valence-electron chi connectivity index (χ1n) is 10.7. The molecule has 0 spiro atoms. The number of ether oxygens (including phenoxy) is 1. The van der Waals surface area contributed by atoms with Crippen LogP contribution >= 0.6 is 0 Å². The van der Waals surface area contributed by atoms with Crippen LogP contribution in [0.1, 0.15) is 31.6 Å². The molecule has 3 amide bonds. The van der Waals surface area contributed by atoms with E-state index in [0.717, 1.165) is 11.3 Å². The van der Waals surface area contributed by atoms with Gasteiger partial charge in [0.1, 0.15) is 5.75 Å². The maximum Gasteiger partial charge on any atom is 0.246 e. The van der Waals surface area contributed by atoms with Crippen LogP contribution in [0.4, 0.5) is 0 Å². The van der Waals surface area contributed by atoms with Crippen molar-refractivity contribution in [2.24, 2.45) is 11.8 Å². The van der Waals surface area contributed by atoms with Crippen LogP contribution in [0.2, 0.25) is 0 Å². The highest BCUT2D eigenvalue weighted by atomic mass is 16.5. The predicted molar refractivity (Wildman–Crippen MR) is 114 cm³/mol. The maximum atomic E-state index is 12.5. The van der Waals surface area contributed by atoms with E-state index in [9.17, 15) is 14.4 Å². The van der Waals surface area contributed by atoms with Crippen molar-refractivity contribution in [3.05, 3.63) is 42.3 Å². The summed E-state index contributed by atoms with van der Waals surface area (Å²) in [5.74, 6) is 0.692. The number of hydrogen-bond donors (Lipinski definition) is 0. The lowest BCUT2D eigenvalue weighted by Crippen LogP contribution is -2.33. The molecule has 0 radical (unpaired) electrons. The van der Waals surface area contributed by atoms with Gasteiger partial charge in [0.25, 0.3) is 0 Å². The van der Waals surface area contributed by atoms with Gasteiger partial charge < -0.3 is 14.2 Å². The highest BCUT2D eigenvalue weighted by Crippen LogP contribution is 2.35. The van der Waals surface area contributed by atoms with Gasteiger partial charge in [0.2, 0.25) is 29.4 Å². The van der Waals surface area contributed by atoms with E-state index in [1.807, 2.05) is 36.4 Å². The molecule has 2 unspecified atom stereocenters. The number of allylic oxidation sites excluding steroid dienone is 2. The molecule has 2 aromatic rings. The molecule has 9 heteroatoms. The van der Waals surface area contributed by atoms with E-state index in [0.29, 0.717) is 31.0 Å². The zero-order valence-electron chi connectivity index (χ0n) is 18.2. The zero-order chi connectivity index (χ0) is 22.7. The highest BCUT2D eigenvalue weighted by molar-refractivity contribution is 6.05. The molecule has 1 fully saturated rings. The number of likely N-dealkylation sites (tertiary alicyclic amines) is 1. The number of imide groups is 1. The number of fused-ring (bicyclic) bond motifs is 1. The van der Waals surface area contributed by atoms with E-state index in [2.05, 4.69) is 10.1 Å². The zero-order valence-corrected chi connectivity index (χ0v) is 18.2. The summed E-state index contributed by atoms with van der Waals surface area (Å²) in [6.07, 6.45) is 5.82. The maximum absolute atomic E-state index is 12.5. The third-order valence-electron chi connectivity index (χ3n) is 5.99. The Morgan fingerprint density at radius 2 is 1.81 bits per heavy atom. The average molecular weight is 438 g/mol. The summed E-state index contributed by atoms with van der Waals surface area (Å²) in [5, 5.41) is 3.97. The van der Waals surface area contributed by atoms with Crippen molar-refractivity contribution in [1.29, 1.82) is 0 Å². The highest BCUT2D eigenvalue weighted by Gasteiger charge is 2.46. The first-order valence-corrected chi connectivity index (χ1v) is 10.7. The second kappa shape index (κ2) is 9.33. The minimum atomic E-state index is -0.233. The first kappa shape index (κ1) is 21.7. The van der Waals surface area contributed by atoms with Crippen LogP contribution in [0.3, 0.4) is 0 Å². The monoisotopic (exact) mass is 438 g/mol. The van der Waals surface area contributed by atoms with Gasteiger partial charge in [-0.25, -0.2) is 0 Å². The van der Waals surface area contributed by atoms with Crippen LogP contribution in [-0.4, -0.2) is 58.4 Å². The van der Waals surface area contributed by atoms with Crippen LogP contribution in [0.5, 0.6) is 5.75 Å². The second-order valence-electron chi connectivity index (χ2n) is 8.08. The molecule has 2 aliphatic rings. The molecule has 1 aliphatic heterocycles. The van der Waals surface area contributed by atoms with E-state index in [1.165, 1.54) is 9.80 Å². The van der Waals surface area contributed by atoms with Crippen molar-refractivity contribution < 1.29 is 23.6 Å². The Morgan fingerprint density at radius 3 is 2.44 bits per heavy atom. The van der Waals surface area contributed by atoms with Gasteiger partial charge in [0.05, 0.1) is 25.5 Å². The van der Waals surface area contributed by atoms with Crippen molar-refractivity contribution in [2.45, 2.75) is 32.2 Å². The number of amides is 3. The van der Waals surface area contributed by atoms with Crippen molar-refractivity contribution in [3.63, 3.8) is 0 Å². The molecule has 168 valence electrons. The minimum Gasteiger partial charge on any atom is -0.497 e. The summed E-state index contributed by atoms with van der Waals surface area (Å²) in [5.41, 5.74) is 0.783. The molecule has 4 rings (SSSR count). The topological polar surface area (TPSA) is 106 Å². The van der Waals surface area contributed by atoms with Gasteiger partial charge in [0.15, 0.2) is 0 Å². The van der Waals surface area contributed by atoms with Crippen molar-refractivity contribution in [1.82, 2.24) is 19.9 Å². The lowest BCUT2D eigenvalue weighted by atomic mass is 9.85. The Labute approximate surface area is 186 Å². The predicted octanol–water partition coefficient (Wildman–Crippen LogP) is 2.44. The van der Waals surface area contributed by atoms with Crippen molar-refractivity contribution >= 4 is 17.7 Å². The number of aromatic nitrogens is 2. The van der Waals surface area contributed by atoms with Gasteiger partial charge in [-0.15, -0.1) is 0 Å². The Hall–Kier alpha value is -3.49. The van der Waals surface area contributed by atoms with Crippen LogP contribution in [-0.2, 0) is 20.9 Å². The van der Waals surface area contributed by atoms with Gasteiger partial charge >= 0.3 is 0 Å². The van der Waals surface area contributed by atoms with Crippen LogP contribution < -0.4 is 4.74 Å². The summed E-state index contributed by atoms with van der Waals surface area (Å²) < 4.78 is 10.4.